The number of anilines is 4. The summed E-state index contributed by atoms with van der Waals surface area (Å²) in [5, 5.41) is 12.2. The maximum Gasteiger partial charge on any atom is 0.416 e. The van der Waals surface area contributed by atoms with Gasteiger partial charge in [0.25, 0.3) is 11.8 Å². The number of likely N-dealkylation sites (tertiary alicyclic amines) is 1. The van der Waals surface area contributed by atoms with E-state index in [0.29, 0.717) is 46.9 Å². The average Bonchev–Trinajstić information content (AvgIpc) is 1.51. The minimum absolute atomic E-state index is 0.00946. The number of halogens is 3. The van der Waals surface area contributed by atoms with Crippen LogP contribution in [0.5, 0.6) is 0 Å². The summed E-state index contributed by atoms with van der Waals surface area (Å²) in [5.74, 6) is -0.180. The van der Waals surface area contributed by atoms with Crippen LogP contribution in [-0.4, -0.2) is 59.6 Å². The SMILES string of the molecule is O=C(Nc1ccc(C2=CCN(C(C(=O)Nc3ccccc3)c3ccccc3)CC2)cc1)c1ccccc1-c1ccc(C(F)(F)F)cc1.O=C(Nc1ccc(C2CCN(C(C(=O)Nc3ccccc3)c3ccccc3)CC2)cc1)c1ccccc1-c1ccccc1. The van der Waals surface area contributed by atoms with Gasteiger partial charge in [-0.15, -0.1) is 0 Å². The maximum absolute atomic E-state index is 13.5. The van der Waals surface area contributed by atoms with Crippen molar-refractivity contribution in [3.8, 4) is 22.3 Å². The number of piperidine rings is 1. The molecule has 10 aromatic carbocycles. The third-order valence-electron chi connectivity index (χ3n) is 16.4. The van der Waals surface area contributed by atoms with Crippen LogP contribution >= 0.6 is 0 Å². The summed E-state index contributed by atoms with van der Waals surface area (Å²) in [6.45, 7) is 2.92. The van der Waals surface area contributed by atoms with Gasteiger partial charge in [-0.3, -0.25) is 29.0 Å². The molecule has 2 aliphatic heterocycles. The lowest BCUT2D eigenvalue weighted by Crippen LogP contribution is -2.41. The molecule has 0 aliphatic carbocycles. The number of nitrogens with zero attached hydrogens (tertiary/aromatic N) is 2. The first-order valence-electron chi connectivity index (χ1n) is 30.1. The molecule has 12 rings (SSSR count). The molecule has 10 aromatic rings. The number of hydrogen-bond acceptors (Lipinski definition) is 6. The van der Waals surface area contributed by atoms with Crippen LogP contribution in [0.4, 0.5) is 35.9 Å². The number of para-hydroxylation sites is 2. The molecule has 13 heteroatoms. The predicted molar refractivity (Wildman–Crippen MR) is 354 cm³/mol. The molecule has 450 valence electrons. The lowest BCUT2D eigenvalue weighted by atomic mass is 9.88. The minimum Gasteiger partial charge on any atom is -0.324 e. The zero-order valence-electron chi connectivity index (χ0n) is 49.4. The Balaban J connectivity index is 0.000000186. The first kappa shape index (κ1) is 61.2. The fourth-order valence-electron chi connectivity index (χ4n) is 11.8. The summed E-state index contributed by atoms with van der Waals surface area (Å²) in [6.07, 6.45) is 0.367. The fraction of sp³-hybridized carbons (Fsp3) is 0.143. The van der Waals surface area contributed by atoms with E-state index in [0.717, 1.165) is 94.9 Å². The van der Waals surface area contributed by atoms with Gasteiger partial charge in [0.15, 0.2) is 0 Å². The monoisotopic (exact) mass is 1200 g/mol. The van der Waals surface area contributed by atoms with E-state index >= 15 is 0 Å². The van der Waals surface area contributed by atoms with Crippen LogP contribution in [0.15, 0.2) is 279 Å². The van der Waals surface area contributed by atoms with Crippen LogP contribution in [0, 0.1) is 0 Å². The van der Waals surface area contributed by atoms with Crippen molar-refractivity contribution < 1.29 is 32.3 Å². The summed E-state index contributed by atoms with van der Waals surface area (Å²) in [6, 6.07) is 83.2. The Hall–Kier alpha value is -10.5. The Kier molecular flexibility index (Phi) is 19.7. The quantitative estimate of drug-likeness (QED) is 0.0764. The molecule has 10 nitrogen and oxygen atoms in total. The zero-order valence-corrected chi connectivity index (χ0v) is 49.4. The molecular weight excluding hydrogens is 1130 g/mol. The summed E-state index contributed by atoms with van der Waals surface area (Å²) in [7, 11) is 0. The van der Waals surface area contributed by atoms with Gasteiger partial charge in [0.05, 0.1) is 5.56 Å². The Labute approximate surface area is 522 Å². The van der Waals surface area contributed by atoms with Gasteiger partial charge in [0.2, 0.25) is 11.8 Å². The number of carbonyl (C=O) groups excluding carboxylic acids is 4. The standard InChI is InChI=1S/C39H32F3N3O2.C38H35N3O2/c40-39(41,42)31-19-15-29(16-20-31)34-13-7-8-14-35(34)37(46)43-33-21-17-27(18-22-33)28-23-25-45(26-24-28)36(30-9-3-1-4-10-30)38(47)44-32-11-5-2-6-12-32;42-37(35-19-11-10-18-34(35)30-12-4-1-5-13-30)39-33-22-20-28(21-23-33)29-24-26-41(27-25-29)36(31-14-6-2-7-15-31)38(43)40-32-16-8-3-9-17-32/h1-23,36H,24-26H2,(H,43,46)(H,44,47);1-23,29,36H,24-27H2,(H,39,42)(H,40,43). The van der Waals surface area contributed by atoms with Crippen LogP contribution in [0.1, 0.15) is 85.8 Å². The fourth-order valence-corrected chi connectivity index (χ4v) is 11.8. The number of carbonyl (C=O) groups is 4. The van der Waals surface area contributed by atoms with E-state index in [1.54, 1.807) is 24.3 Å². The second-order valence-electron chi connectivity index (χ2n) is 22.3. The molecule has 0 aromatic heterocycles. The normalized spacial score (nSPS) is 14.3. The van der Waals surface area contributed by atoms with Gasteiger partial charge in [0, 0.05) is 47.0 Å². The molecule has 0 bridgehead atoms. The first-order valence-corrected chi connectivity index (χ1v) is 30.1. The third-order valence-corrected chi connectivity index (χ3v) is 16.4. The van der Waals surface area contributed by atoms with Crippen molar-refractivity contribution in [1.29, 1.82) is 0 Å². The van der Waals surface area contributed by atoms with E-state index in [9.17, 15) is 32.3 Å². The number of alkyl halides is 3. The number of amides is 4. The predicted octanol–water partition coefficient (Wildman–Crippen LogP) is 17.3. The van der Waals surface area contributed by atoms with Crippen LogP contribution in [0.2, 0.25) is 0 Å². The van der Waals surface area contributed by atoms with Crippen molar-refractivity contribution in [2.24, 2.45) is 0 Å². The number of rotatable bonds is 16. The third kappa shape index (κ3) is 15.4. The van der Waals surface area contributed by atoms with Crippen LogP contribution in [0.25, 0.3) is 27.8 Å². The highest BCUT2D eigenvalue weighted by Crippen LogP contribution is 2.36. The highest BCUT2D eigenvalue weighted by atomic mass is 19.4. The van der Waals surface area contributed by atoms with Gasteiger partial charge in [-0.2, -0.15) is 13.2 Å². The van der Waals surface area contributed by atoms with E-state index < -0.39 is 17.8 Å². The van der Waals surface area contributed by atoms with Crippen molar-refractivity contribution >= 4 is 52.0 Å². The Morgan fingerprint density at radius 1 is 0.389 bits per heavy atom. The van der Waals surface area contributed by atoms with Crippen molar-refractivity contribution in [3.63, 3.8) is 0 Å². The van der Waals surface area contributed by atoms with Crippen molar-refractivity contribution in [2.75, 3.05) is 47.4 Å². The van der Waals surface area contributed by atoms with Crippen molar-refractivity contribution in [2.45, 2.75) is 43.4 Å². The highest BCUT2D eigenvalue weighted by Gasteiger charge is 2.33. The molecular formula is C77H67F3N6O4. The Morgan fingerprint density at radius 3 is 1.23 bits per heavy atom. The van der Waals surface area contributed by atoms with Crippen LogP contribution in [0.3, 0.4) is 0 Å². The molecule has 2 unspecified atom stereocenters. The maximum atomic E-state index is 13.5. The van der Waals surface area contributed by atoms with Gasteiger partial charge in [-0.1, -0.05) is 206 Å². The van der Waals surface area contributed by atoms with Gasteiger partial charge in [-0.05, 0) is 161 Å². The van der Waals surface area contributed by atoms with E-state index in [1.807, 2.05) is 212 Å². The second-order valence-corrected chi connectivity index (χ2v) is 22.3. The first-order chi connectivity index (χ1) is 43.9. The number of benzene rings is 10. The summed E-state index contributed by atoms with van der Waals surface area (Å²) in [4.78, 5) is 58.0. The van der Waals surface area contributed by atoms with E-state index in [-0.39, 0.29) is 29.7 Å². The molecule has 0 saturated carbocycles. The molecule has 1 fully saturated rings. The van der Waals surface area contributed by atoms with Crippen molar-refractivity contribution in [3.05, 3.63) is 318 Å². The van der Waals surface area contributed by atoms with Gasteiger partial charge in [-0.25, -0.2) is 0 Å². The van der Waals surface area contributed by atoms with Gasteiger partial charge in [0.1, 0.15) is 12.1 Å². The highest BCUT2D eigenvalue weighted by molar-refractivity contribution is 6.09. The topological polar surface area (TPSA) is 123 Å². The molecule has 0 spiro atoms. The van der Waals surface area contributed by atoms with E-state index in [4.69, 9.17) is 0 Å². The minimum atomic E-state index is -4.43. The van der Waals surface area contributed by atoms with E-state index in [1.165, 1.54) is 17.7 Å². The van der Waals surface area contributed by atoms with Crippen molar-refractivity contribution in [1.82, 2.24) is 9.80 Å². The summed E-state index contributed by atoms with van der Waals surface area (Å²) >= 11 is 0. The smallest absolute Gasteiger partial charge is 0.324 e. The van der Waals surface area contributed by atoms with Crippen LogP contribution in [-0.2, 0) is 15.8 Å². The van der Waals surface area contributed by atoms with Gasteiger partial charge < -0.3 is 21.3 Å². The zero-order chi connectivity index (χ0) is 62.2. The van der Waals surface area contributed by atoms with Crippen LogP contribution < -0.4 is 21.3 Å². The average molecular weight is 1200 g/mol. The lowest BCUT2D eigenvalue weighted by molar-refractivity contribution is -0.137. The molecule has 2 atom stereocenters. The molecule has 4 amide bonds. The molecule has 4 N–H and O–H groups in total. The summed E-state index contributed by atoms with van der Waals surface area (Å²) in [5.41, 5.74) is 11.5. The number of nitrogens with one attached hydrogen (secondary N) is 4. The molecule has 2 heterocycles. The van der Waals surface area contributed by atoms with Gasteiger partial charge >= 0.3 is 6.18 Å². The molecule has 2 aliphatic rings. The second kappa shape index (κ2) is 29.0. The molecule has 0 radical (unpaired) electrons. The molecule has 1 saturated heterocycles. The number of hydrogen-bond donors (Lipinski definition) is 4. The lowest BCUT2D eigenvalue weighted by Gasteiger charge is -2.37. The molecule has 90 heavy (non-hydrogen) atoms. The Bertz CT molecular complexity index is 4050. The largest absolute Gasteiger partial charge is 0.416 e. The van der Waals surface area contributed by atoms with E-state index in [2.05, 4.69) is 49.3 Å². The summed E-state index contributed by atoms with van der Waals surface area (Å²) < 4.78 is 39.1. The Morgan fingerprint density at radius 2 is 0.778 bits per heavy atom.